The fourth-order valence-electron chi connectivity index (χ4n) is 1.05. The van der Waals surface area contributed by atoms with Crippen LogP contribution in [0.3, 0.4) is 0 Å². The minimum atomic E-state index is -1.05. The minimum Gasteiger partial charge on any atom is -0.504 e. The highest BCUT2D eigenvalue weighted by Gasteiger charge is 2.23. The van der Waals surface area contributed by atoms with Crippen molar-refractivity contribution >= 4 is 11.5 Å². The van der Waals surface area contributed by atoms with Crippen molar-refractivity contribution in [1.82, 2.24) is 0 Å². The highest BCUT2D eigenvalue weighted by molar-refractivity contribution is 6.00. The molecule has 0 saturated carbocycles. The Morgan fingerprint density at radius 2 is 2.14 bits per heavy atom. The number of phenols is 1. The first kappa shape index (κ1) is 10.1. The van der Waals surface area contributed by atoms with Gasteiger partial charge in [0.05, 0.1) is 4.92 Å². The van der Waals surface area contributed by atoms with E-state index in [0.717, 1.165) is 19.1 Å². The Morgan fingerprint density at radius 3 is 2.57 bits per heavy atom. The van der Waals surface area contributed by atoms with Gasteiger partial charge in [0.2, 0.25) is 0 Å². The summed E-state index contributed by atoms with van der Waals surface area (Å²) in [6, 6.07) is 1.58. The summed E-state index contributed by atoms with van der Waals surface area (Å²) >= 11 is 0. The molecule has 1 aromatic carbocycles. The van der Waals surface area contributed by atoms with Crippen molar-refractivity contribution in [2.75, 3.05) is 0 Å². The molecule has 1 rings (SSSR count). The molecule has 74 valence electrons. The van der Waals surface area contributed by atoms with Crippen LogP contribution in [0.25, 0.3) is 0 Å². The molecule has 0 heterocycles. The van der Waals surface area contributed by atoms with E-state index in [9.17, 15) is 19.3 Å². The molecule has 0 fully saturated rings. The summed E-state index contributed by atoms with van der Waals surface area (Å²) in [5.41, 5.74) is -1.20. The van der Waals surface area contributed by atoms with Gasteiger partial charge in [0.25, 0.3) is 5.69 Å². The fraction of sp³-hybridized carbons (Fsp3) is 0.125. The van der Waals surface area contributed by atoms with Crippen molar-refractivity contribution in [2.24, 2.45) is 0 Å². The number of halogens is 1. The van der Waals surface area contributed by atoms with Crippen LogP contribution in [0.5, 0.6) is 5.75 Å². The largest absolute Gasteiger partial charge is 0.504 e. The number of nitro groups is 1. The van der Waals surface area contributed by atoms with Crippen LogP contribution in [0.2, 0.25) is 0 Å². The van der Waals surface area contributed by atoms with Gasteiger partial charge in [-0.2, -0.15) is 0 Å². The van der Waals surface area contributed by atoms with Crippen LogP contribution in [-0.4, -0.2) is 15.8 Å². The van der Waals surface area contributed by atoms with Crippen LogP contribution in [0.1, 0.15) is 17.3 Å². The molecule has 14 heavy (non-hydrogen) atoms. The van der Waals surface area contributed by atoms with Gasteiger partial charge in [0.15, 0.2) is 17.3 Å². The number of rotatable bonds is 2. The number of carbonyl (C=O) groups is 1. The number of Topliss-reactive ketones (excluding diaryl/α,β-unsaturated/α-hetero) is 1. The van der Waals surface area contributed by atoms with Gasteiger partial charge >= 0.3 is 0 Å². The zero-order valence-corrected chi connectivity index (χ0v) is 7.15. The number of aromatic hydroxyl groups is 1. The Morgan fingerprint density at radius 1 is 1.57 bits per heavy atom. The molecule has 1 N–H and O–H groups in total. The van der Waals surface area contributed by atoms with Crippen LogP contribution in [0.15, 0.2) is 12.1 Å². The average molecular weight is 199 g/mol. The predicted octanol–water partition coefficient (Wildman–Crippen LogP) is 1.64. The number of nitrogens with zero attached hydrogens (tertiary/aromatic N) is 1. The zero-order chi connectivity index (χ0) is 10.9. The molecule has 6 heteroatoms. The Bertz CT molecular complexity index is 416. The van der Waals surface area contributed by atoms with E-state index in [1.54, 1.807) is 0 Å². The van der Waals surface area contributed by atoms with Crippen molar-refractivity contribution < 1.29 is 19.2 Å². The van der Waals surface area contributed by atoms with E-state index >= 15 is 0 Å². The van der Waals surface area contributed by atoms with Gasteiger partial charge in [-0.1, -0.05) is 0 Å². The van der Waals surface area contributed by atoms with E-state index in [1.165, 1.54) is 0 Å². The summed E-state index contributed by atoms with van der Waals surface area (Å²) in [5, 5.41) is 19.5. The second-order valence-corrected chi connectivity index (χ2v) is 2.60. The molecule has 0 unspecified atom stereocenters. The third kappa shape index (κ3) is 1.54. The smallest absolute Gasteiger partial charge is 0.284 e. The highest BCUT2D eigenvalue weighted by Crippen LogP contribution is 2.30. The monoisotopic (exact) mass is 199 g/mol. The van der Waals surface area contributed by atoms with Crippen molar-refractivity contribution in [2.45, 2.75) is 6.92 Å². The van der Waals surface area contributed by atoms with Crippen molar-refractivity contribution in [1.29, 1.82) is 0 Å². The molecule has 0 atom stereocenters. The van der Waals surface area contributed by atoms with E-state index < -0.39 is 33.5 Å². The summed E-state index contributed by atoms with van der Waals surface area (Å²) in [4.78, 5) is 20.5. The van der Waals surface area contributed by atoms with E-state index in [-0.39, 0.29) is 0 Å². The average Bonchev–Trinajstić information content (AvgIpc) is 2.08. The third-order valence-corrected chi connectivity index (χ3v) is 1.66. The van der Waals surface area contributed by atoms with Gasteiger partial charge in [-0.25, -0.2) is 4.39 Å². The van der Waals surface area contributed by atoms with Crippen molar-refractivity contribution in [3.8, 4) is 5.75 Å². The number of ketones is 1. The summed E-state index contributed by atoms with van der Waals surface area (Å²) in [6.45, 7) is 1.02. The van der Waals surface area contributed by atoms with Crippen molar-refractivity contribution in [3.05, 3.63) is 33.6 Å². The van der Waals surface area contributed by atoms with Crippen LogP contribution < -0.4 is 0 Å². The maximum atomic E-state index is 12.8. The van der Waals surface area contributed by atoms with Crippen LogP contribution in [0.4, 0.5) is 10.1 Å². The summed E-state index contributed by atoms with van der Waals surface area (Å²) in [7, 11) is 0. The highest BCUT2D eigenvalue weighted by atomic mass is 19.1. The molecule has 0 spiro atoms. The lowest BCUT2D eigenvalue weighted by Crippen LogP contribution is -2.01. The molecule has 1 aromatic rings. The van der Waals surface area contributed by atoms with E-state index in [0.29, 0.717) is 0 Å². The van der Waals surface area contributed by atoms with Gasteiger partial charge in [-0.15, -0.1) is 0 Å². The molecule has 0 amide bonds. The second kappa shape index (κ2) is 3.41. The van der Waals surface area contributed by atoms with Crippen molar-refractivity contribution in [3.63, 3.8) is 0 Å². The first-order valence-electron chi connectivity index (χ1n) is 3.62. The molecule has 0 aromatic heterocycles. The summed E-state index contributed by atoms with van der Waals surface area (Å²) < 4.78 is 12.8. The molecular formula is C8H6FNO4. The van der Waals surface area contributed by atoms with Crippen LogP contribution >= 0.6 is 0 Å². The first-order chi connectivity index (χ1) is 6.45. The Kier molecular flexibility index (Phi) is 2.46. The maximum absolute atomic E-state index is 12.8. The van der Waals surface area contributed by atoms with E-state index in [1.807, 2.05) is 0 Å². The molecule has 0 saturated heterocycles. The molecular weight excluding hydrogens is 193 g/mol. The number of hydrogen-bond donors (Lipinski definition) is 1. The lowest BCUT2D eigenvalue weighted by Gasteiger charge is -2.02. The normalized spacial score (nSPS) is 9.86. The minimum absolute atomic E-state index is 0.601. The standard InChI is InChI=1S/C8H6FNO4/c1-4(11)7-6(10(13)14)3-2-5(9)8(7)12/h2-3,12H,1H3. The SMILES string of the molecule is CC(=O)c1c([N+](=O)[O-])ccc(F)c1O. The molecule has 0 aliphatic rings. The van der Waals surface area contributed by atoms with Gasteiger partial charge < -0.3 is 5.11 Å². The fourth-order valence-corrected chi connectivity index (χ4v) is 1.05. The Balaban J connectivity index is 3.53. The number of benzene rings is 1. The third-order valence-electron chi connectivity index (χ3n) is 1.66. The molecule has 0 bridgehead atoms. The molecule has 0 radical (unpaired) electrons. The quantitative estimate of drug-likeness (QED) is 0.446. The molecule has 5 nitrogen and oxygen atoms in total. The summed E-state index contributed by atoms with van der Waals surface area (Å²) in [6.07, 6.45) is 0. The number of nitro benzene ring substituents is 1. The second-order valence-electron chi connectivity index (χ2n) is 2.60. The molecule has 0 aliphatic carbocycles. The van der Waals surface area contributed by atoms with Gasteiger partial charge in [-0.05, 0) is 13.0 Å². The summed E-state index contributed by atoms with van der Waals surface area (Å²) in [5.74, 6) is -2.79. The number of carbonyl (C=O) groups excluding carboxylic acids is 1. The Labute approximate surface area is 77.9 Å². The Hall–Kier alpha value is -1.98. The first-order valence-corrected chi connectivity index (χ1v) is 3.62. The lowest BCUT2D eigenvalue weighted by atomic mass is 10.1. The van der Waals surface area contributed by atoms with E-state index in [2.05, 4.69) is 0 Å². The van der Waals surface area contributed by atoms with Gasteiger partial charge in [0, 0.05) is 6.07 Å². The van der Waals surface area contributed by atoms with Crippen LogP contribution in [-0.2, 0) is 0 Å². The maximum Gasteiger partial charge on any atom is 0.284 e. The van der Waals surface area contributed by atoms with Crippen LogP contribution in [0, 0.1) is 15.9 Å². The zero-order valence-electron chi connectivity index (χ0n) is 7.15. The molecule has 0 aliphatic heterocycles. The topological polar surface area (TPSA) is 80.4 Å². The van der Waals surface area contributed by atoms with Gasteiger partial charge in [0.1, 0.15) is 5.56 Å². The van der Waals surface area contributed by atoms with Gasteiger partial charge in [-0.3, -0.25) is 14.9 Å². The number of phenolic OH excluding ortho intramolecular Hbond substituents is 1. The van der Waals surface area contributed by atoms with E-state index in [4.69, 9.17) is 5.11 Å². The lowest BCUT2D eigenvalue weighted by molar-refractivity contribution is -0.385. The predicted molar refractivity (Wildman–Crippen MR) is 44.7 cm³/mol. The number of hydrogen-bond acceptors (Lipinski definition) is 4.